The van der Waals surface area contributed by atoms with Crippen LogP contribution in [0.4, 0.5) is 0 Å². The van der Waals surface area contributed by atoms with Gasteiger partial charge >= 0.3 is 0 Å². The average Bonchev–Trinajstić information content (AvgIpc) is 3.19. The van der Waals surface area contributed by atoms with E-state index >= 15 is 0 Å². The van der Waals surface area contributed by atoms with Crippen molar-refractivity contribution in [1.82, 2.24) is 19.6 Å². The number of likely N-dealkylation sites (tertiary alicyclic amines) is 1. The molecule has 1 aliphatic heterocycles. The number of rotatable bonds is 6. The van der Waals surface area contributed by atoms with Gasteiger partial charge < -0.3 is 9.72 Å². The number of carbonyl (C=O) groups is 1. The molecule has 2 aromatic heterocycles. The number of piperidine rings is 1. The molecule has 5 rings (SSSR count). The van der Waals surface area contributed by atoms with Crippen LogP contribution >= 0.6 is 0 Å². The number of pyridine rings is 1. The second-order valence-electron chi connectivity index (χ2n) is 9.92. The fourth-order valence-electron chi connectivity index (χ4n) is 4.99. The second-order valence-corrected chi connectivity index (χ2v) is 9.92. The van der Waals surface area contributed by atoms with E-state index in [0.717, 1.165) is 60.6 Å². The fraction of sp³-hybridized carbons (Fsp3) is 0.333. The topological polar surface area (TPSA) is 49.6 Å². The van der Waals surface area contributed by atoms with Crippen LogP contribution in [0, 0.1) is 20.8 Å². The van der Waals surface area contributed by atoms with Crippen LogP contribution in [0.15, 0.2) is 66.9 Å². The molecule has 1 saturated heterocycles. The van der Waals surface area contributed by atoms with E-state index < -0.39 is 0 Å². The fourth-order valence-corrected chi connectivity index (χ4v) is 4.99. The van der Waals surface area contributed by atoms with Crippen molar-refractivity contribution < 1.29 is 4.79 Å². The number of imidazole rings is 1. The predicted octanol–water partition coefficient (Wildman–Crippen LogP) is 5.25. The molecule has 2 aromatic carbocycles. The molecule has 0 saturated carbocycles. The van der Waals surface area contributed by atoms with E-state index in [0.29, 0.717) is 6.42 Å². The first-order valence-corrected chi connectivity index (χ1v) is 12.6. The molecule has 0 atom stereocenters. The summed E-state index contributed by atoms with van der Waals surface area (Å²) in [6, 6.07) is 21.4. The van der Waals surface area contributed by atoms with E-state index in [1.165, 1.54) is 16.7 Å². The van der Waals surface area contributed by atoms with Crippen LogP contribution in [0.5, 0.6) is 0 Å². The van der Waals surface area contributed by atoms with E-state index in [4.69, 9.17) is 4.98 Å². The Morgan fingerprint density at radius 3 is 2.49 bits per heavy atom. The van der Waals surface area contributed by atoms with Crippen LogP contribution in [0.3, 0.4) is 0 Å². The largest absolute Gasteiger partial charge is 0.353 e. The molecule has 5 nitrogen and oxygen atoms in total. The Balaban J connectivity index is 1.29. The van der Waals surface area contributed by atoms with Crippen molar-refractivity contribution in [2.24, 2.45) is 0 Å². The lowest BCUT2D eigenvalue weighted by molar-refractivity contribution is -0.121. The average molecular weight is 467 g/mol. The molecular weight excluding hydrogens is 432 g/mol. The zero-order valence-electron chi connectivity index (χ0n) is 20.9. The quantitative estimate of drug-likeness (QED) is 0.422. The number of fused-ring (bicyclic) bond motifs is 1. The zero-order chi connectivity index (χ0) is 24.4. The van der Waals surface area contributed by atoms with Crippen molar-refractivity contribution >= 4 is 11.6 Å². The molecule has 1 amide bonds. The van der Waals surface area contributed by atoms with Crippen molar-refractivity contribution in [2.75, 3.05) is 13.1 Å². The number of aryl methyl sites for hydroxylation is 3. The highest BCUT2D eigenvalue weighted by atomic mass is 16.1. The van der Waals surface area contributed by atoms with E-state index in [9.17, 15) is 4.79 Å². The lowest BCUT2D eigenvalue weighted by atomic mass is 10.0. The molecule has 0 bridgehead atoms. The SMILES string of the molecule is Cc1ccn2c(CC(=O)NC3CCN(Cc4ccccc4)CC3)c(-c3ccc(C)c(C)c3)nc2c1. The molecule has 0 aliphatic carbocycles. The van der Waals surface area contributed by atoms with Gasteiger partial charge in [-0.1, -0.05) is 42.5 Å². The summed E-state index contributed by atoms with van der Waals surface area (Å²) in [6.07, 6.45) is 4.31. The van der Waals surface area contributed by atoms with Gasteiger partial charge in [-0.05, 0) is 74.1 Å². The number of amides is 1. The van der Waals surface area contributed by atoms with Gasteiger partial charge in [0.2, 0.25) is 5.91 Å². The molecular formula is C30H34N4O. The molecule has 4 aromatic rings. The van der Waals surface area contributed by atoms with E-state index in [2.05, 4.69) is 96.1 Å². The van der Waals surface area contributed by atoms with Gasteiger partial charge in [0.15, 0.2) is 0 Å². The summed E-state index contributed by atoms with van der Waals surface area (Å²) in [5.41, 5.74) is 8.78. The maximum atomic E-state index is 13.2. The van der Waals surface area contributed by atoms with Crippen LogP contribution in [0.1, 0.15) is 40.8 Å². The van der Waals surface area contributed by atoms with Gasteiger partial charge in [-0.3, -0.25) is 9.69 Å². The molecule has 0 unspecified atom stereocenters. The van der Waals surface area contributed by atoms with Crippen molar-refractivity contribution in [2.45, 2.75) is 52.6 Å². The molecule has 35 heavy (non-hydrogen) atoms. The highest BCUT2D eigenvalue weighted by Crippen LogP contribution is 2.27. The van der Waals surface area contributed by atoms with Gasteiger partial charge in [-0.15, -0.1) is 0 Å². The molecule has 0 spiro atoms. The standard InChI is InChI=1S/C30H34N4O/c1-21-11-16-34-27(30(32-28(34)17-21)25-10-9-22(2)23(3)18-25)19-29(35)31-26-12-14-33(15-13-26)20-24-7-5-4-6-8-24/h4-11,16-18,26H,12-15,19-20H2,1-3H3,(H,31,35). The highest BCUT2D eigenvalue weighted by Gasteiger charge is 2.23. The molecule has 3 heterocycles. The van der Waals surface area contributed by atoms with E-state index in [-0.39, 0.29) is 11.9 Å². The number of carbonyl (C=O) groups excluding carboxylic acids is 1. The first kappa shape index (κ1) is 23.3. The van der Waals surface area contributed by atoms with Crippen LogP contribution in [-0.2, 0) is 17.8 Å². The van der Waals surface area contributed by atoms with Crippen molar-refractivity contribution in [3.05, 3.63) is 94.8 Å². The molecule has 180 valence electrons. The lowest BCUT2D eigenvalue weighted by Gasteiger charge is -2.32. The lowest BCUT2D eigenvalue weighted by Crippen LogP contribution is -2.44. The number of benzene rings is 2. The van der Waals surface area contributed by atoms with Crippen LogP contribution in [0.2, 0.25) is 0 Å². The van der Waals surface area contributed by atoms with Crippen molar-refractivity contribution in [3.8, 4) is 11.3 Å². The predicted molar refractivity (Wildman–Crippen MR) is 141 cm³/mol. The molecule has 1 aliphatic rings. The maximum Gasteiger partial charge on any atom is 0.226 e. The Hall–Kier alpha value is -3.44. The highest BCUT2D eigenvalue weighted by molar-refractivity contribution is 5.82. The van der Waals surface area contributed by atoms with Crippen molar-refractivity contribution in [1.29, 1.82) is 0 Å². The van der Waals surface area contributed by atoms with Gasteiger partial charge in [0.05, 0.1) is 17.8 Å². The third-order valence-corrected chi connectivity index (χ3v) is 7.19. The minimum Gasteiger partial charge on any atom is -0.353 e. The van der Waals surface area contributed by atoms with Gasteiger partial charge in [0, 0.05) is 37.4 Å². The zero-order valence-corrected chi connectivity index (χ0v) is 20.9. The Bertz CT molecular complexity index is 1330. The second kappa shape index (κ2) is 10.0. The number of hydrogen-bond acceptors (Lipinski definition) is 3. The first-order chi connectivity index (χ1) is 17.0. The minimum atomic E-state index is 0.0685. The maximum absolute atomic E-state index is 13.2. The number of nitrogens with zero attached hydrogens (tertiary/aromatic N) is 3. The van der Waals surface area contributed by atoms with Crippen LogP contribution in [0.25, 0.3) is 16.9 Å². The van der Waals surface area contributed by atoms with E-state index in [1.54, 1.807) is 0 Å². The van der Waals surface area contributed by atoms with E-state index in [1.807, 2.05) is 6.20 Å². The third kappa shape index (κ3) is 5.30. The summed E-state index contributed by atoms with van der Waals surface area (Å²) < 4.78 is 2.07. The van der Waals surface area contributed by atoms with Gasteiger partial charge in [0.1, 0.15) is 5.65 Å². The van der Waals surface area contributed by atoms with Gasteiger partial charge in [0.25, 0.3) is 0 Å². The van der Waals surface area contributed by atoms with Crippen LogP contribution < -0.4 is 5.32 Å². The monoisotopic (exact) mass is 466 g/mol. The smallest absolute Gasteiger partial charge is 0.226 e. The Morgan fingerprint density at radius 1 is 0.971 bits per heavy atom. The Kier molecular flexibility index (Phi) is 6.69. The Labute approximate surface area is 207 Å². The number of nitrogens with one attached hydrogen (secondary N) is 1. The van der Waals surface area contributed by atoms with Crippen molar-refractivity contribution in [3.63, 3.8) is 0 Å². The molecule has 1 fully saturated rings. The minimum absolute atomic E-state index is 0.0685. The first-order valence-electron chi connectivity index (χ1n) is 12.6. The van der Waals surface area contributed by atoms with Gasteiger partial charge in [-0.2, -0.15) is 0 Å². The summed E-state index contributed by atoms with van der Waals surface area (Å²) in [7, 11) is 0. The molecule has 0 radical (unpaired) electrons. The summed E-state index contributed by atoms with van der Waals surface area (Å²) >= 11 is 0. The normalized spacial score (nSPS) is 14.9. The third-order valence-electron chi connectivity index (χ3n) is 7.19. The Morgan fingerprint density at radius 2 is 1.74 bits per heavy atom. The van der Waals surface area contributed by atoms with Crippen LogP contribution in [-0.4, -0.2) is 39.3 Å². The molecule has 1 N–H and O–H groups in total. The summed E-state index contributed by atoms with van der Waals surface area (Å²) in [5.74, 6) is 0.0685. The van der Waals surface area contributed by atoms with Gasteiger partial charge in [-0.25, -0.2) is 4.98 Å². The number of hydrogen-bond donors (Lipinski definition) is 1. The number of aromatic nitrogens is 2. The molecule has 5 heteroatoms. The summed E-state index contributed by atoms with van der Waals surface area (Å²) in [6.45, 7) is 9.29. The summed E-state index contributed by atoms with van der Waals surface area (Å²) in [5, 5.41) is 3.31. The summed E-state index contributed by atoms with van der Waals surface area (Å²) in [4.78, 5) is 20.6.